The number of aryl methyl sites for hydroxylation is 1. The van der Waals surface area contributed by atoms with Crippen molar-refractivity contribution in [2.75, 3.05) is 7.11 Å². The Kier molecular flexibility index (Phi) is 2.63. The molecule has 96 valence electrons. The van der Waals surface area contributed by atoms with Crippen molar-refractivity contribution in [3.63, 3.8) is 0 Å². The second kappa shape index (κ2) is 4.31. The van der Waals surface area contributed by atoms with E-state index in [1.54, 1.807) is 31.4 Å². The van der Waals surface area contributed by atoms with Gasteiger partial charge in [0.2, 0.25) is 5.89 Å². The Morgan fingerprint density at radius 3 is 2.58 bits per heavy atom. The molecule has 1 N–H and O–H groups in total. The third kappa shape index (κ3) is 2.01. The summed E-state index contributed by atoms with van der Waals surface area (Å²) in [6.45, 7) is 1.97. The number of nitrogens with zero attached hydrogens (tertiary/aromatic N) is 1. The minimum atomic E-state index is 0.220. The van der Waals surface area contributed by atoms with Crippen LogP contribution in [0.15, 0.2) is 40.8 Å². The van der Waals surface area contributed by atoms with Gasteiger partial charge in [-0.05, 0) is 42.8 Å². The minimum absolute atomic E-state index is 0.220. The average Bonchev–Trinajstić information content (AvgIpc) is 2.84. The van der Waals surface area contributed by atoms with E-state index in [1.807, 2.05) is 19.1 Å². The van der Waals surface area contributed by atoms with Crippen LogP contribution in [-0.4, -0.2) is 17.2 Å². The lowest BCUT2D eigenvalue weighted by Crippen LogP contribution is -1.84. The van der Waals surface area contributed by atoms with Crippen molar-refractivity contribution in [2.45, 2.75) is 6.92 Å². The van der Waals surface area contributed by atoms with Crippen LogP contribution < -0.4 is 4.74 Å². The highest BCUT2D eigenvalue weighted by molar-refractivity contribution is 5.81. The van der Waals surface area contributed by atoms with E-state index in [0.29, 0.717) is 11.5 Å². The summed E-state index contributed by atoms with van der Waals surface area (Å²) in [6.07, 6.45) is 0. The molecule has 3 aromatic rings. The van der Waals surface area contributed by atoms with Crippen molar-refractivity contribution in [2.24, 2.45) is 0 Å². The summed E-state index contributed by atoms with van der Waals surface area (Å²) in [7, 11) is 1.62. The van der Waals surface area contributed by atoms with Crippen molar-refractivity contribution in [1.82, 2.24) is 4.98 Å². The Balaban J connectivity index is 2.16. The summed E-state index contributed by atoms with van der Waals surface area (Å²) in [4.78, 5) is 4.48. The Morgan fingerprint density at radius 1 is 1.16 bits per heavy atom. The number of methoxy groups -OCH3 is 1. The third-order valence-electron chi connectivity index (χ3n) is 3.01. The summed E-state index contributed by atoms with van der Waals surface area (Å²) < 4.78 is 11.0. The number of benzene rings is 2. The molecule has 1 aromatic heterocycles. The van der Waals surface area contributed by atoms with Crippen molar-refractivity contribution >= 4 is 11.1 Å². The molecule has 0 aliphatic carbocycles. The smallest absolute Gasteiger partial charge is 0.227 e. The summed E-state index contributed by atoms with van der Waals surface area (Å²) in [5, 5.41) is 9.29. The predicted octanol–water partition coefficient (Wildman–Crippen LogP) is 3.52. The molecule has 4 nitrogen and oxygen atoms in total. The van der Waals surface area contributed by atoms with Gasteiger partial charge < -0.3 is 14.3 Å². The van der Waals surface area contributed by atoms with Gasteiger partial charge in [0.25, 0.3) is 0 Å². The number of aromatic nitrogens is 1. The second-order valence-corrected chi connectivity index (χ2v) is 4.36. The first-order valence-electron chi connectivity index (χ1n) is 5.92. The van der Waals surface area contributed by atoms with Gasteiger partial charge >= 0.3 is 0 Å². The van der Waals surface area contributed by atoms with E-state index in [9.17, 15) is 5.11 Å². The third-order valence-corrected chi connectivity index (χ3v) is 3.01. The molecular formula is C15H13NO3. The van der Waals surface area contributed by atoms with Gasteiger partial charge in [0.05, 0.1) is 7.11 Å². The molecule has 0 aliphatic heterocycles. The fraction of sp³-hybridized carbons (Fsp3) is 0.133. The molecule has 0 saturated heterocycles. The van der Waals surface area contributed by atoms with Crippen LogP contribution in [0, 0.1) is 6.92 Å². The lowest BCUT2D eigenvalue weighted by molar-refractivity contribution is 0.414. The van der Waals surface area contributed by atoms with Crippen molar-refractivity contribution in [3.05, 3.63) is 42.0 Å². The number of ether oxygens (including phenoxy) is 1. The highest BCUT2D eigenvalue weighted by Gasteiger charge is 2.11. The zero-order valence-corrected chi connectivity index (χ0v) is 10.7. The first-order chi connectivity index (χ1) is 9.17. The van der Waals surface area contributed by atoms with E-state index in [2.05, 4.69) is 4.98 Å². The normalized spacial score (nSPS) is 10.8. The van der Waals surface area contributed by atoms with E-state index in [1.165, 1.54) is 0 Å². The van der Waals surface area contributed by atoms with Crippen molar-refractivity contribution in [3.8, 4) is 23.0 Å². The van der Waals surface area contributed by atoms with Crippen LogP contribution in [0.1, 0.15) is 5.56 Å². The van der Waals surface area contributed by atoms with Crippen LogP contribution in [-0.2, 0) is 0 Å². The van der Waals surface area contributed by atoms with Crippen molar-refractivity contribution < 1.29 is 14.3 Å². The molecule has 3 rings (SSSR count). The van der Waals surface area contributed by atoms with Gasteiger partial charge in [-0.15, -0.1) is 0 Å². The molecule has 0 amide bonds. The SMILES string of the molecule is COc1cc(C)c2nc(-c3ccc(O)cc3)oc2c1. The van der Waals surface area contributed by atoms with Gasteiger partial charge in [-0.25, -0.2) is 4.98 Å². The molecule has 19 heavy (non-hydrogen) atoms. The Labute approximate surface area is 110 Å². The van der Waals surface area contributed by atoms with Crippen molar-refractivity contribution in [1.29, 1.82) is 0 Å². The summed E-state index contributed by atoms with van der Waals surface area (Å²) >= 11 is 0. The summed E-state index contributed by atoms with van der Waals surface area (Å²) in [5.74, 6) is 1.50. The van der Waals surface area contributed by atoms with Crippen LogP contribution >= 0.6 is 0 Å². The maximum Gasteiger partial charge on any atom is 0.227 e. The highest BCUT2D eigenvalue weighted by atomic mass is 16.5. The number of aromatic hydroxyl groups is 1. The topological polar surface area (TPSA) is 55.5 Å². The number of hydrogen-bond donors (Lipinski definition) is 1. The molecular weight excluding hydrogens is 242 g/mol. The van der Waals surface area contributed by atoms with Gasteiger partial charge in [0.1, 0.15) is 17.0 Å². The largest absolute Gasteiger partial charge is 0.508 e. The van der Waals surface area contributed by atoms with Gasteiger partial charge in [-0.3, -0.25) is 0 Å². The number of oxazole rings is 1. The van der Waals surface area contributed by atoms with Crippen LogP contribution in [0.25, 0.3) is 22.6 Å². The molecule has 0 saturated carbocycles. The number of fused-ring (bicyclic) bond motifs is 1. The maximum absolute atomic E-state index is 9.29. The van der Waals surface area contributed by atoms with Gasteiger partial charge in [0, 0.05) is 11.6 Å². The lowest BCUT2D eigenvalue weighted by atomic mass is 10.2. The first-order valence-corrected chi connectivity index (χ1v) is 5.92. The summed E-state index contributed by atoms with van der Waals surface area (Å²) in [6, 6.07) is 10.5. The standard InChI is InChI=1S/C15H13NO3/c1-9-7-12(18-2)8-13-14(9)16-15(19-13)10-3-5-11(17)6-4-10/h3-8,17H,1-2H3. The van der Waals surface area contributed by atoms with Gasteiger partial charge in [-0.1, -0.05) is 0 Å². The van der Waals surface area contributed by atoms with Gasteiger partial charge in [-0.2, -0.15) is 0 Å². The molecule has 0 fully saturated rings. The molecule has 0 unspecified atom stereocenters. The van der Waals surface area contributed by atoms with E-state index in [-0.39, 0.29) is 5.75 Å². The Morgan fingerprint density at radius 2 is 1.89 bits per heavy atom. The molecule has 0 atom stereocenters. The van der Waals surface area contributed by atoms with Crippen LogP contribution in [0.3, 0.4) is 0 Å². The molecule has 2 aromatic carbocycles. The molecule has 1 heterocycles. The molecule has 0 aliphatic rings. The monoisotopic (exact) mass is 255 g/mol. The zero-order valence-electron chi connectivity index (χ0n) is 10.7. The fourth-order valence-electron chi connectivity index (χ4n) is 2.01. The summed E-state index contributed by atoms with van der Waals surface area (Å²) in [5.41, 5.74) is 3.35. The highest BCUT2D eigenvalue weighted by Crippen LogP contribution is 2.30. The van der Waals surface area contributed by atoms with Crippen LogP contribution in [0.4, 0.5) is 0 Å². The molecule has 4 heteroatoms. The predicted molar refractivity (Wildman–Crippen MR) is 72.4 cm³/mol. The Hall–Kier alpha value is -2.49. The number of rotatable bonds is 2. The number of phenolic OH excluding ortho intramolecular Hbond substituents is 1. The number of phenols is 1. The molecule has 0 bridgehead atoms. The minimum Gasteiger partial charge on any atom is -0.508 e. The van der Waals surface area contributed by atoms with Crippen LogP contribution in [0.2, 0.25) is 0 Å². The second-order valence-electron chi connectivity index (χ2n) is 4.36. The van der Waals surface area contributed by atoms with E-state index < -0.39 is 0 Å². The quantitative estimate of drug-likeness (QED) is 0.761. The fourth-order valence-corrected chi connectivity index (χ4v) is 2.01. The van der Waals surface area contributed by atoms with E-state index >= 15 is 0 Å². The molecule has 0 radical (unpaired) electrons. The van der Waals surface area contributed by atoms with E-state index in [4.69, 9.17) is 9.15 Å². The number of hydrogen-bond acceptors (Lipinski definition) is 4. The maximum atomic E-state index is 9.29. The van der Waals surface area contributed by atoms with Gasteiger partial charge in [0.15, 0.2) is 5.58 Å². The Bertz CT molecular complexity index is 729. The van der Waals surface area contributed by atoms with Crippen LogP contribution in [0.5, 0.6) is 11.5 Å². The first kappa shape index (κ1) is 11.6. The van der Waals surface area contributed by atoms with E-state index in [0.717, 1.165) is 22.4 Å². The lowest BCUT2D eigenvalue weighted by Gasteiger charge is -1.99. The molecule has 0 spiro atoms. The zero-order chi connectivity index (χ0) is 13.4. The average molecular weight is 255 g/mol.